The molecule has 0 heterocycles. The van der Waals surface area contributed by atoms with Crippen molar-refractivity contribution in [3.8, 4) is 0 Å². The maximum atomic E-state index is 12.5. The van der Waals surface area contributed by atoms with Crippen LogP contribution in [0.25, 0.3) is 0 Å². The Balaban J connectivity index is 1.55. The quantitative estimate of drug-likeness (QED) is 0.326. The van der Waals surface area contributed by atoms with Crippen LogP contribution in [0.4, 0.5) is 5.69 Å². The molecule has 0 radical (unpaired) electrons. The van der Waals surface area contributed by atoms with Gasteiger partial charge >= 0.3 is 0 Å². The minimum atomic E-state index is -3.50. The van der Waals surface area contributed by atoms with Crippen LogP contribution in [0.2, 0.25) is 10.0 Å². The van der Waals surface area contributed by atoms with Crippen LogP contribution in [-0.2, 0) is 22.3 Å². The van der Waals surface area contributed by atoms with Gasteiger partial charge in [-0.15, -0.1) is 0 Å². The molecule has 3 aromatic carbocycles. The zero-order chi connectivity index (χ0) is 24.7. The lowest BCUT2D eigenvalue weighted by Gasteiger charge is -2.23. The van der Waals surface area contributed by atoms with Crippen LogP contribution in [0, 0.1) is 6.92 Å². The molecule has 5 nitrogen and oxygen atoms in total. The predicted octanol–water partition coefficient (Wildman–Crippen LogP) is 5.93. The Morgan fingerprint density at radius 2 is 1.71 bits per heavy atom. The third kappa shape index (κ3) is 7.40. The fourth-order valence-corrected chi connectivity index (χ4v) is 5.28. The van der Waals surface area contributed by atoms with E-state index in [2.05, 4.69) is 5.32 Å². The number of nitrogens with zero attached hydrogens (tertiary/aromatic N) is 1. The molecular weight excluding hydrogens is 511 g/mol. The highest BCUT2D eigenvalue weighted by molar-refractivity contribution is 7.98. The molecule has 0 fully saturated rings. The number of amides is 1. The van der Waals surface area contributed by atoms with Gasteiger partial charge in [0.15, 0.2) is 0 Å². The summed E-state index contributed by atoms with van der Waals surface area (Å²) in [5, 5.41) is 3.96. The minimum Gasteiger partial charge on any atom is -0.351 e. The van der Waals surface area contributed by atoms with Crippen molar-refractivity contribution in [1.82, 2.24) is 5.32 Å². The normalized spacial score (nSPS) is 11.3. The smallest absolute Gasteiger partial charge is 0.251 e. The highest BCUT2D eigenvalue weighted by Crippen LogP contribution is 2.25. The Hall–Kier alpha value is -2.19. The molecule has 180 valence electrons. The highest BCUT2D eigenvalue weighted by Gasteiger charge is 2.19. The second-order valence-electron chi connectivity index (χ2n) is 7.80. The lowest BCUT2D eigenvalue weighted by atomic mass is 10.1. The second-order valence-corrected chi connectivity index (χ2v) is 11.6. The third-order valence-corrected chi connectivity index (χ3v) is 8.09. The summed E-state index contributed by atoms with van der Waals surface area (Å²) in [5.41, 5.74) is 4.00. The van der Waals surface area contributed by atoms with E-state index in [1.165, 1.54) is 10.6 Å². The number of rotatable bonds is 10. The van der Waals surface area contributed by atoms with Gasteiger partial charge < -0.3 is 5.32 Å². The van der Waals surface area contributed by atoms with Crippen molar-refractivity contribution in [2.75, 3.05) is 22.9 Å². The summed E-state index contributed by atoms with van der Waals surface area (Å²) in [6, 6.07) is 19.8. The number of benzene rings is 3. The summed E-state index contributed by atoms with van der Waals surface area (Å²) >= 11 is 13.6. The zero-order valence-electron chi connectivity index (χ0n) is 18.9. The molecule has 3 rings (SSSR count). The summed E-state index contributed by atoms with van der Waals surface area (Å²) in [6.45, 7) is 2.69. The number of carbonyl (C=O) groups excluding carboxylic acids is 1. The Kier molecular flexibility index (Phi) is 9.31. The molecule has 0 bridgehead atoms. The molecule has 0 saturated heterocycles. The molecule has 1 N–H and O–H groups in total. The summed E-state index contributed by atoms with van der Waals surface area (Å²) in [7, 11) is -3.50. The summed E-state index contributed by atoms with van der Waals surface area (Å²) in [6.07, 6.45) is 1.18. The number of carbonyl (C=O) groups is 1. The van der Waals surface area contributed by atoms with Gasteiger partial charge in [-0.3, -0.25) is 9.10 Å². The van der Waals surface area contributed by atoms with Gasteiger partial charge in [-0.05, 0) is 60.0 Å². The topological polar surface area (TPSA) is 66.5 Å². The second kappa shape index (κ2) is 12.0. The Morgan fingerprint density at radius 3 is 2.35 bits per heavy atom. The van der Waals surface area contributed by atoms with Crippen molar-refractivity contribution in [3.05, 3.63) is 99.0 Å². The number of anilines is 1. The van der Waals surface area contributed by atoms with E-state index in [0.29, 0.717) is 27.8 Å². The number of hydrogen-bond donors (Lipinski definition) is 1. The average molecular weight is 538 g/mol. The van der Waals surface area contributed by atoms with Gasteiger partial charge in [-0.1, -0.05) is 53.5 Å². The van der Waals surface area contributed by atoms with Crippen molar-refractivity contribution in [2.24, 2.45) is 0 Å². The molecule has 34 heavy (non-hydrogen) atoms. The van der Waals surface area contributed by atoms with E-state index in [4.69, 9.17) is 23.2 Å². The van der Waals surface area contributed by atoms with Crippen LogP contribution >= 0.6 is 35.0 Å². The molecule has 1 amide bonds. The molecule has 0 spiro atoms. The third-order valence-electron chi connectivity index (χ3n) is 5.18. The highest BCUT2D eigenvalue weighted by atomic mass is 35.5. The lowest BCUT2D eigenvalue weighted by molar-refractivity contribution is 0.0956. The van der Waals surface area contributed by atoms with Crippen LogP contribution in [-0.4, -0.2) is 32.9 Å². The molecule has 0 aliphatic rings. The fourth-order valence-electron chi connectivity index (χ4n) is 3.28. The fraction of sp³-hybridized carbons (Fsp3) is 0.240. The molecule has 3 aromatic rings. The Bertz CT molecular complexity index is 1250. The first-order valence-electron chi connectivity index (χ1n) is 10.6. The summed E-state index contributed by atoms with van der Waals surface area (Å²) < 4.78 is 26.2. The van der Waals surface area contributed by atoms with E-state index in [0.717, 1.165) is 28.2 Å². The van der Waals surface area contributed by atoms with Gasteiger partial charge in [0, 0.05) is 23.6 Å². The number of aryl methyl sites for hydroxylation is 1. The molecular formula is C25H26Cl2N2O3S2. The number of hydrogen-bond acceptors (Lipinski definition) is 4. The van der Waals surface area contributed by atoms with Crippen molar-refractivity contribution >= 4 is 56.6 Å². The molecule has 0 saturated carbocycles. The van der Waals surface area contributed by atoms with Crippen molar-refractivity contribution in [1.29, 1.82) is 0 Å². The van der Waals surface area contributed by atoms with E-state index >= 15 is 0 Å². The maximum Gasteiger partial charge on any atom is 0.251 e. The molecule has 0 aliphatic carbocycles. The van der Waals surface area contributed by atoms with Crippen LogP contribution in [0.5, 0.6) is 0 Å². The van der Waals surface area contributed by atoms with E-state index in [1.54, 1.807) is 42.1 Å². The molecule has 0 unspecified atom stereocenters. The van der Waals surface area contributed by atoms with Gasteiger partial charge in [0.25, 0.3) is 5.91 Å². The van der Waals surface area contributed by atoms with Gasteiger partial charge in [-0.25, -0.2) is 8.42 Å². The Morgan fingerprint density at radius 1 is 1.00 bits per heavy atom. The van der Waals surface area contributed by atoms with E-state index in [1.807, 2.05) is 43.3 Å². The van der Waals surface area contributed by atoms with Crippen molar-refractivity contribution in [3.63, 3.8) is 0 Å². The molecule has 0 atom stereocenters. The molecule has 0 aromatic heterocycles. The number of thioether (sulfide) groups is 1. The number of sulfonamides is 1. The van der Waals surface area contributed by atoms with Gasteiger partial charge in [0.1, 0.15) is 0 Å². The monoisotopic (exact) mass is 536 g/mol. The average Bonchev–Trinajstić information content (AvgIpc) is 2.80. The van der Waals surface area contributed by atoms with E-state index in [-0.39, 0.29) is 12.5 Å². The first-order chi connectivity index (χ1) is 16.1. The SMILES string of the molecule is Cc1ccccc1CN(c1ccc(C(=O)NCCSCc2ccc(Cl)c(Cl)c2)cc1)S(C)(=O)=O. The lowest BCUT2D eigenvalue weighted by Crippen LogP contribution is -2.30. The Labute approximate surface area is 215 Å². The first kappa shape index (κ1) is 26.4. The van der Waals surface area contributed by atoms with Crippen molar-refractivity contribution in [2.45, 2.75) is 19.2 Å². The maximum absolute atomic E-state index is 12.5. The van der Waals surface area contributed by atoms with Crippen molar-refractivity contribution < 1.29 is 13.2 Å². The zero-order valence-corrected chi connectivity index (χ0v) is 22.1. The summed E-state index contributed by atoms with van der Waals surface area (Å²) in [4.78, 5) is 12.5. The summed E-state index contributed by atoms with van der Waals surface area (Å²) in [5.74, 6) is 1.30. The van der Waals surface area contributed by atoms with Crippen LogP contribution in [0.15, 0.2) is 66.7 Å². The molecule has 9 heteroatoms. The van der Waals surface area contributed by atoms with Gasteiger partial charge in [0.05, 0.1) is 28.5 Å². The van der Waals surface area contributed by atoms with Crippen LogP contribution in [0.3, 0.4) is 0 Å². The van der Waals surface area contributed by atoms with Gasteiger partial charge in [-0.2, -0.15) is 11.8 Å². The minimum absolute atomic E-state index is 0.202. The van der Waals surface area contributed by atoms with E-state index in [9.17, 15) is 13.2 Å². The number of nitrogens with one attached hydrogen (secondary N) is 1. The molecule has 0 aliphatic heterocycles. The standard InChI is InChI=1S/C25H26Cl2N2O3S2/c1-18-5-3-4-6-21(18)16-29(34(2,31)32)22-10-8-20(9-11-22)25(30)28-13-14-33-17-19-7-12-23(26)24(27)15-19/h3-12,15H,13-14,16-17H2,1-2H3,(H,28,30). The van der Waals surface area contributed by atoms with Gasteiger partial charge in [0.2, 0.25) is 10.0 Å². The van der Waals surface area contributed by atoms with E-state index < -0.39 is 10.0 Å². The first-order valence-corrected chi connectivity index (χ1v) is 14.3. The predicted molar refractivity (Wildman–Crippen MR) is 144 cm³/mol. The largest absolute Gasteiger partial charge is 0.351 e. The number of halogens is 2. The van der Waals surface area contributed by atoms with Crippen LogP contribution < -0.4 is 9.62 Å². The van der Waals surface area contributed by atoms with Crippen LogP contribution in [0.1, 0.15) is 27.0 Å².